The number of hydrogen-bond acceptors (Lipinski definition) is 2. The van der Waals surface area contributed by atoms with Crippen molar-refractivity contribution in [1.82, 2.24) is 5.32 Å². The summed E-state index contributed by atoms with van der Waals surface area (Å²) in [6, 6.07) is 6.80. The second-order valence-corrected chi connectivity index (χ2v) is 6.74. The topological polar surface area (TPSA) is 12.0 Å². The number of hydrogen-bond donors (Lipinski definition) is 1. The highest BCUT2D eigenvalue weighted by molar-refractivity contribution is 9.11. The molecule has 2 aromatic rings. The average molecular weight is 379 g/mol. The molecule has 0 bridgehead atoms. The lowest BCUT2D eigenvalue weighted by atomic mass is 10.2. The van der Waals surface area contributed by atoms with Crippen LogP contribution in [0.5, 0.6) is 0 Å². The van der Waals surface area contributed by atoms with Crippen LogP contribution in [0.2, 0.25) is 0 Å². The summed E-state index contributed by atoms with van der Waals surface area (Å²) in [6.45, 7) is 1.43. The third-order valence-corrected chi connectivity index (χ3v) is 4.60. The maximum Gasteiger partial charge on any atom is 0.123 e. The predicted octanol–water partition coefficient (Wildman–Crippen LogP) is 4.70. The van der Waals surface area contributed by atoms with Gasteiger partial charge in [0.05, 0.1) is 3.79 Å². The molecule has 0 atom stereocenters. The summed E-state index contributed by atoms with van der Waals surface area (Å²) in [6.07, 6.45) is 0. The second-order valence-electron chi connectivity index (χ2n) is 3.60. The quantitative estimate of drug-likeness (QED) is 0.812. The van der Waals surface area contributed by atoms with E-state index in [0.717, 1.165) is 20.4 Å². The van der Waals surface area contributed by atoms with Crippen LogP contribution in [0, 0.1) is 5.82 Å². The van der Waals surface area contributed by atoms with Crippen molar-refractivity contribution < 1.29 is 4.39 Å². The SMILES string of the molecule is Fc1ccc(Br)c(CNCc2csc(Br)c2)c1. The maximum absolute atomic E-state index is 13.0. The van der Waals surface area contributed by atoms with Crippen LogP contribution in [0.3, 0.4) is 0 Å². The zero-order valence-electron chi connectivity index (χ0n) is 8.84. The highest BCUT2D eigenvalue weighted by Gasteiger charge is 2.02. The fourth-order valence-electron chi connectivity index (χ4n) is 1.46. The van der Waals surface area contributed by atoms with Gasteiger partial charge >= 0.3 is 0 Å². The Morgan fingerprint density at radius 1 is 1.18 bits per heavy atom. The van der Waals surface area contributed by atoms with E-state index in [9.17, 15) is 4.39 Å². The Bertz CT molecular complexity index is 513. The molecule has 0 aliphatic rings. The van der Waals surface area contributed by atoms with Gasteiger partial charge in [-0.05, 0) is 56.7 Å². The van der Waals surface area contributed by atoms with E-state index < -0.39 is 0 Å². The van der Waals surface area contributed by atoms with Crippen molar-refractivity contribution in [2.24, 2.45) is 0 Å². The van der Waals surface area contributed by atoms with Gasteiger partial charge in [-0.3, -0.25) is 0 Å². The lowest BCUT2D eigenvalue weighted by Crippen LogP contribution is -2.12. The van der Waals surface area contributed by atoms with Crippen LogP contribution in [0.1, 0.15) is 11.1 Å². The first-order valence-corrected chi connectivity index (χ1v) is 7.49. The van der Waals surface area contributed by atoms with Gasteiger partial charge in [0.1, 0.15) is 5.82 Å². The number of nitrogens with one attached hydrogen (secondary N) is 1. The van der Waals surface area contributed by atoms with Gasteiger partial charge in [0.25, 0.3) is 0 Å². The highest BCUT2D eigenvalue weighted by atomic mass is 79.9. The summed E-state index contributed by atoms with van der Waals surface area (Å²) >= 11 is 8.50. The van der Waals surface area contributed by atoms with Gasteiger partial charge in [-0.2, -0.15) is 0 Å². The molecule has 0 radical (unpaired) electrons. The molecule has 1 aromatic carbocycles. The summed E-state index contributed by atoms with van der Waals surface area (Å²) in [5.41, 5.74) is 2.16. The third-order valence-electron chi connectivity index (χ3n) is 2.27. The van der Waals surface area contributed by atoms with Crippen molar-refractivity contribution in [2.75, 3.05) is 0 Å². The summed E-state index contributed by atoms with van der Waals surface area (Å²) in [5, 5.41) is 5.38. The molecule has 0 amide bonds. The fourth-order valence-corrected chi connectivity index (χ4v) is 3.05. The minimum absolute atomic E-state index is 0.205. The van der Waals surface area contributed by atoms with E-state index in [-0.39, 0.29) is 5.82 Å². The molecule has 0 spiro atoms. The molecule has 1 N–H and O–H groups in total. The molecule has 0 aliphatic carbocycles. The van der Waals surface area contributed by atoms with Gasteiger partial charge in [-0.1, -0.05) is 15.9 Å². The van der Waals surface area contributed by atoms with Crippen LogP contribution >= 0.6 is 43.2 Å². The largest absolute Gasteiger partial charge is 0.309 e. The molecule has 0 aliphatic heterocycles. The van der Waals surface area contributed by atoms with Crippen LogP contribution in [0.15, 0.2) is 37.9 Å². The standard InChI is InChI=1S/C12H10Br2FNS/c13-11-2-1-10(15)4-9(11)6-16-5-8-3-12(14)17-7-8/h1-4,7,16H,5-6H2. The van der Waals surface area contributed by atoms with E-state index in [1.165, 1.54) is 11.6 Å². The van der Waals surface area contributed by atoms with E-state index in [0.29, 0.717) is 6.54 Å². The van der Waals surface area contributed by atoms with E-state index in [1.807, 2.05) is 0 Å². The smallest absolute Gasteiger partial charge is 0.123 e. The van der Waals surface area contributed by atoms with Crippen LogP contribution in [-0.4, -0.2) is 0 Å². The molecule has 1 aromatic heterocycles. The van der Waals surface area contributed by atoms with E-state index in [1.54, 1.807) is 23.5 Å². The molecule has 17 heavy (non-hydrogen) atoms. The van der Waals surface area contributed by atoms with E-state index >= 15 is 0 Å². The normalized spacial score (nSPS) is 10.8. The minimum Gasteiger partial charge on any atom is -0.309 e. The third kappa shape index (κ3) is 3.88. The van der Waals surface area contributed by atoms with Crippen LogP contribution in [-0.2, 0) is 13.1 Å². The number of thiophene rings is 1. The van der Waals surface area contributed by atoms with Crippen molar-refractivity contribution in [1.29, 1.82) is 0 Å². The molecule has 0 saturated heterocycles. The zero-order valence-corrected chi connectivity index (χ0v) is 12.8. The monoisotopic (exact) mass is 377 g/mol. The van der Waals surface area contributed by atoms with Crippen molar-refractivity contribution >= 4 is 43.2 Å². The first-order valence-electron chi connectivity index (χ1n) is 5.03. The summed E-state index contributed by atoms with van der Waals surface area (Å²) in [4.78, 5) is 0. The summed E-state index contributed by atoms with van der Waals surface area (Å²) in [7, 11) is 0. The Kier molecular flexibility index (Phi) is 4.73. The first kappa shape index (κ1) is 13.2. The van der Waals surface area contributed by atoms with Crippen molar-refractivity contribution in [3.63, 3.8) is 0 Å². The van der Waals surface area contributed by atoms with E-state index in [2.05, 4.69) is 48.6 Å². The lowest BCUT2D eigenvalue weighted by Gasteiger charge is -2.06. The molecule has 2 rings (SSSR count). The number of rotatable bonds is 4. The van der Waals surface area contributed by atoms with Gasteiger partial charge in [0, 0.05) is 17.6 Å². The van der Waals surface area contributed by atoms with Gasteiger partial charge in [0.2, 0.25) is 0 Å². The first-order chi connectivity index (χ1) is 8.15. The Morgan fingerprint density at radius 2 is 2.00 bits per heavy atom. The van der Waals surface area contributed by atoms with Crippen LogP contribution < -0.4 is 5.32 Å². The Hall–Kier alpha value is -0.230. The van der Waals surface area contributed by atoms with Gasteiger partial charge < -0.3 is 5.32 Å². The lowest BCUT2D eigenvalue weighted by molar-refractivity contribution is 0.619. The Morgan fingerprint density at radius 3 is 2.71 bits per heavy atom. The molecule has 0 saturated carbocycles. The van der Waals surface area contributed by atoms with Gasteiger partial charge in [0.15, 0.2) is 0 Å². The number of benzene rings is 1. The zero-order chi connectivity index (χ0) is 12.3. The molecule has 1 heterocycles. The van der Waals surface area contributed by atoms with Crippen molar-refractivity contribution in [2.45, 2.75) is 13.1 Å². The van der Waals surface area contributed by atoms with Gasteiger partial charge in [-0.15, -0.1) is 11.3 Å². The number of halogens is 3. The Balaban J connectivity index is 1.91. The van der Waals surface area contributed by atoms with Gasteiger partial charge in [-0.25, -0.2) is 4.39 Å². The highest BCUT2D eigenvalue weighted by Crippen LogP contribution is 2.21. The molecular weight excluding hydrogens is 369 g/mol. The average Bonchev–Trinajstić information content (AvgIpc) is 2.69. The van der Waals surface area contributed by atoms with Crippen LogP contribution in [0.4, 0.5) is 4.39 Å². The molecular formula is C12H10Br2FNS. The summed E-state index contributed by atoms with van der Waals surface area (Å²) in [5.74, 6) is -0.205. The van der Waals surface area contributed by atoms with Crippen LogP contribution in [0.25, 0.3) is 0 Å². The molecule has 5 heteroatoms. The Labute approximate surface area is 120 Å². The molecule has 1 nitrogen and oxygen atoms in total. The maximum atomic E-state index is 13.0. The molecule has 0 unspecified atom stereocenters. The summed E-state index contributed by atoms with van der Waals surface area (Å²) < 4.78 is 15.1. The molecule has 0 fully saturated rings. The second kappa shape index (κ2) is 6.09. The predicted molar refractivity (Wildman–Crippen MR) is 76.7 cm³/mol. The van der Waals surface area contributed by atoms with Crippen molar-refractivity contribution in [3.8, 4) is 0 Å². The van der Waals surface area contributed by atoms with E-state index in [4.69, 9.17) is 0 Å². The molecule has 90 valence electrons. The minimum atomic E-state index is -0.205. The van der Waals surface area contributed by atoms with Crippen molar-refractivity contribution in [3.05, 3.63) is 54.8 Å². The fraction of sp³-hybridized carbons (Fsp3) is 0.167.